The minimum atomic E-state index is 0.0890. The van der Waals surface area contributed by atoms with Crippen LogP contribution in [0.15, 0.2) is 18.2 Å². The maximum Gasteiger partial charge on any atom is 0.228 e. The Morgan fingerprint density at radius 3 is 3.00 bits per heavy atom. The number of hydrogen-bond donors (Lipinski definition) is 2. The Kier molecular flexibility index (Phi) is 4.89. The first-order valence-corrected chi connectivity index (χ1v) is 9.60. The van der Waals surface area contributed by atoms with E-state index in [1.54, 1.807) is 12.1 Å². The van der Waals surface area contributed by atoms with Gasteiger partial charge in [-0.05, 0) is 68.8 Å². The quantitative estimate of drug-likeness (QED) is 0.842. The summed E-state index contributed by atoms with van der Waals surface area (Å²) >= 11 is 6.13. The lowest BCUT2D eigenvalue weighted by Crippen LogP contribution is -2.31. The summed E-state index contributed by atoms with van der Waals surface area (Å²) in [5.41, 5.74) is 0.874. The molecule has 0 aromatic heterocycles. The van der Waals surface area contributed by atoms with E-state index in [4.69, 9.17) is 21.1 Å². The molecule has 2 N–H and O–H groups in total. The van der Waals surface area contributed by atoms with Crippen molar-refractivity contribution in [2.75, 3.05) is 31.6 Å². The van der Waals surface area contributed by atoms with Gasteiger partial charge in [0.25, 0.3) is 0 Å². The van der Waals surface area contributed by atoms with Crippen LogP contribution in [-0.4, -0.2) is 38.3 Å². The summed E-state index contributed by atoms with van der Waals surface area (Å²) in [4.78, 5) is 12.7. The maximum atomic E-state index is 12.7. The zero-order chi connectivity index (χ0) is 17.3. The predicted octanol–water partition coefficient (Wildman–Crippen LogP) is 3.23. The van der Waals surface area contributed by atoms with Crippen molar-refractivity contribution in [3.05, 3.63) is 23.2 Å². The molecule has 0 radical (unpaired) electrons. The second-order valence-electron chi connectivity index (χ2n) is 7.44. The number of anilines is 1. The van der Waals surface area contributed by atoms with Crippen molar-refractivity contribution in [1.29, 1.82) is 0 Å². The van der Waals surface area contributed by atoms with Gasteiger partial charge in [-0.15, -0.1) is 0 Å². The Morgan fingerprint density at radius 2 is 2.24 bits per heavy atom. The smallest absolute Gasteiger partial charge is 0.228 e. The molecule has 1 saturated carbocycles. The Balaban J connectivity index is 1.40. The maximum absolute atomic E-state index is 12.7. The monoisotopic (exact) mass is 364 g/mol. The molecule has 2 unspecified atom stereocenters. The minimum absolute atomic E-state index is 0.0890. The van der Waals surface area contributed by atoms with E-state index in [2.05, 4.69) is 10.6 Å². The standard InChI is InChI=1S/C19H25ClN2O3/c20-13-3-4-17(25-12-14-2-1-9-24-14)16(10-13)22-18(23)15-11-19(15)5-7-21-8-6-19/h3-4,10,14-15,21H,1-2,5-9,11-12H2,(H,22,23). The highest BCUT2D eigenvalue weighted by Crippen LogP contribution is 2.58. The van der Waals surface area contributed by atoms with Crippen LogP contribution in [0.1, 0.15) is 32.1 Å². The highest BCUT2D eigenvalue weighted by Gasteiger charge is 2.57. The van der Waals surface area contributed by atoms with Gasteiger partial charge in [0.15, 0.2) is 0 Å². The molecule has 25 heavy (non-hydrogen) atoms. The van der Waals surface area contributed by atoms with Crippen LogP contribution in [0.25, 0.3) is 0 Å². The zero-order valence-corrected chi connectivity index (χ0v) is 15.1. The molecule has 1 amide bonds. The summed E-state index contributed by atoms with van der Waals surface area (Å²) in [6.07, 6.45) is 5.41. The molecule has 1 aliphatic carbocycles. The van der Waals surface area contributed by atoms with Crippen LogP contribution < -0.4 is 15.4 Å². The summed E-state index contributed by atoms with van der Waals surface area (Å²) in [5.74, 6) is 0.860. The Bertz CT molecular complexity index is 640. The number of carbonyl (C=O) groups is 1. The zero-order valence-electron chi connectivity index (χ0n) is 14.4. The van der Waals surface area contributed by atoms with Gasteiger partial charge in [-0.25, -0.2) is 0 Å². The summed E-state index contributed by atoms with van der Waals surface area (Å²) in [6, 6.07) is 5.37. The second-order valence-corrected chi connectivity index (χ2v) is 7.88. The normalized spacial score (nSPS) is 27.2. The first-order chi connectivity index (χ1) is 12.2. The largest absolute Gasteiger partial charge is 0.489 e. The van der Waals surface area contributed by atoms with Crippen molar-refractivity contribution in [2.45, 2.75) is 38.2 Å². The van der Waals surface area contributed by atoms with Crippen LogP contribution in [0.3, 0.4) is 0 Å². The molecule has 4 rings (SSSR count). The number of hydrogen-bond acceptors (Lipinski definition) is 4. The molecular formula is C19H25ClN2O3. The summed E-state index contributed by atoms with van der Waals surface area (Å²) in [5, 5.41) is 7.01. The molecule has 2 heterocycles. The molecule has 1 spiro atoms. The Hall–Kier alpha value is -1.30. The first-order valence-electron chi connectivity index (χ1n) is 9.22. The molecule has 3 aliphatic rings. The molecule has 2 saturated heterocycles. The number of halogens is 1. The van der Waals surface area contributed by atoms with E-state index in [-0.39, 0.29) is 23.3 Å². The van der Waals surface area contributed by atoms with Gasteiger partial charge in [-0.3, -0.25) is 4.79 Å². The van der Waals surface area contributed by atoms with Crippen LogP contribution in [0, 0.1) is 11.3 Å². The number of piperidine rings is 1. The van der Waals surface area contributed by atoms with Crippen molar-refractivity contribution in [2.24, 2.45) is 11.3 Å². The van der Waals surface area contributed by atoms with Crippen LogP contribution in [0.5, 0.6) is 5.75 Å². The van der Waals surface area contributed by atoms with Crippen molar-refractivity contribution >= 4 is 23.2 Å². The molecule has 0 bridgehead atoms. The number of amides is 1. The number of benzene rings is 1. The van der Waals surface area contributed by atoms with Gasteiger partial charge in [0.1, 0.15) is 12.4 Å². The predicted molar refractivity (Wildman–Crippen MR) is 97.2 cm³/mol. The van der Waals surface area contributed by atoms with Crippen molar-refractivity contribution in [3.63, 3.8) is 0 Å². The first kappa shape index (κ1) is 17.1. The third-order valence-electron chi connectivity index (χ3n) is 5.75. The van der Waals surface area contributed by atoms with E-state index in [1.807, 2.05) is 6.07 Å². The van der Waals surface area contributed by atoms with Crippen LogP contribution in [0.2, 0.25) is 5.02 Å². The number of carbonyl (C=O) groups excluding carboxylic acids is 1. The molecular weight excluding hydrogens is 340 g/mol. The summed E-state index contributed by atoms with van der Waals surface area (Å²) < 4.78 is 11.5. The van der Waals surface area contributed by atoms with E-state index in [1.165, 1.54) is 0 Å². The average molecular weight is 365 g/mol. The molecule has 2 aliphatic heterocycles. The van der Waals surface area contributed by atoms with Gasteiger partial charge < -0.3 is 20.1 Å². The van der Waals surface area contributed by atoms with Gasteiger partial charge in [0.2, 0.25) is 5.91 Å². The lowest BCUT2D eigenvalue weighted by Gasteiger charge is -2.23. The molecule has 1 aromatic carbocycles. The molecule has 3 fully saturated rings. The number of ether oxygens (including phenoxy) is 2. The summed E-state index contributed by atoms with van der Waals surface area (Å²) in [7, 11) is 0. The Morgan fingerprint density at radius 1 is 1.40 bits per heavy atom. The van der Waals surface area contributed by atoms with Gasteiger partial charge in [-0.2, -0.15) is 0 Å². The van der Waals surface area contributed by atoms with E-state index in [0.29, 0.717) is 23.1 Å². The average Bonchev–Trinajstić information content (AvgIpc) is 3.05. The number of rotatable bonds is 5. The highest BCUT2D eigenvalue weighted by atomic mass is 35.5. The van der Waals surface area contributed by atoms with Gasteiger partial charge in [0.05, 0.1) is 11.8 Å². The molecule has 1 aromatic rings. The molecule has 6 heteroatoms. The van der Waals surface area contributed by atoms with Crippen molar-refractivity contribution < 1.29 is 14.3 Å². The van der Waals surface area contributed by atoms with Gasteiger partial charge >= 0.3 is 0 Å². The highest BCUT2D eigenvalue weighted by molar-refractivity contribution is 6.31. The van der Waals surface area contributed by atoms with Crippen molar-refractivity contribution in [3.8, 4) is 5.75 Å². The van der Waals surface area contributed by atoms with Crippen molar-refractivity contribution in [1.82, 2.24) is 5.32 Å². The fourth-order valence-corrected chi connectivity index (χ4v) is 4.27. The molecule has 136 valence electrons. The number of nitrogens with one attached hydrogen (secondary N) is 2. The lowest BCUT2D eigenvalue weighted by atomic mass is 9.92. The van der Waals surface area contributed by atoms with Crippen LogP contribution in [-0.2, 0) is 9.53 Å². The van der Waals surface area contributed by atoms with E-state index in [9.17, 15) is 4.79 Å². The topological polar surface area (TPSA) is 59.6 Å². The minimum Gasteiger partial charge on any atom is -0.489 e. The summed E-state index contributed by atoms with van der Waals surface area (Å²) in [6.45, 7) is 3.33. The van der Waals surface area contributed by atoms with E-state index in [0.717, 1.165) is 51.8 Å². The van der Waals surface area contributed by atoms with Gasteiger partial charge in [-0.1, -0.05) is 11.6 Å². The fraction of sp³-hybridized carbons (Fsp3) is 0.632. The van der Waals surface area contributed by atoms with E-state index >= 15 is 0 Å². The SMILES string of the molecule is O=C(Nc1cc(Cl)ccc1OCC1CCCO1)C1CC12CCNCC2. The van der Waals surface area contributed by atoms with Crippen LogP contribution >= 0.6 is 11.6 Å². The fourth-order valence-electron chi connectivity index (χ4n) is 4.10. The lowest BCUT2D eigenvalue weighted by molar-refractivity contribution is -0.118. The molecule has 5 nitrogen and oxygen atoms in total. The third-order valence-corrected chi connectivity index (χ3v) is 5.99. The Labute approximate surface area is 153 Å². The van der Waals surface area contributed by atoms with Crippen LogP contribution in [0.4, 0.5) is 5.69 Å². The van der Waals surface area contributed by atoms with E-state index < -0.39 is 0 Å². The second kappa shape index (κ2) is 7.14. The molecule has 2 atom stereocenters. The van der Waals surface area contributed by atoms with Gasteiger partial charge in [0, 0.05) is 17.5 Å². The third kappa shape index (κ3) is 3.78.